The molecule has 5 nitrogen and oxygen atoms in total. The highest BCUT2D eigenvalue weighted by molar-refractivity contribution is 6.31. The Hall–Kier alpha value is -2.27. The first kappa shape index (κ1) is 14.1. The molecule has 0 bridgehead atoms. The van der Waals surface area contributed by atoms with Crippen LogP contribution in [0.1, 0.15) is 29.0 Å². The van der Waals surface area contributed by atoms with Gasteiger partial charge in [-0.3, -0.25) is 0 Å². The molecule has 0 aliphatic carbocycles. The van der Waals surface area contributed by atoms with Crippen LogP contribution in [0.25, 0.3) is 0 Å². The van der Waals surface area contributed by atoms with Gasteiger partial charge in [0.2, 0.25) is 0 Å². The Bertz CT molecular complexity index is 646. The van der Waals surface area contributed by atoms with Gasteiger partial charge in [-0.2, -0.15) is 0 Å². The van der Waals surface area contributed by atoms with Crippen molar-refractivity contribution < 1.29 is 9.90 Å². The van der Waals surface area contributed by atoms with Crippen LogP contribution in [0.5, 0.6) is 0 Å². The average molecular weight is 292 g/mol. The lowest BCUT2D eigenvalue weighted by molar-refractivity contribution is 0.0690. The summed E-state index contributed by atoms with van der Waals surface area (Å²) >= 11 is 6.12. The topological polar surface area (TPSA) is 88.2 Å². The normalized spacial score (nSPS) is 11.9. The van der Waals surface area contributed by atoms with E-state index in [9.17, 15) is 4.79 Å². The summed E-state index contributed by atoms with van der Waals surface area (Å²) in [5.74, 6) is -0.768. The highest BCUT2D eigenvalue weighted by Gasteiger charge is 2.13. The molecule has 0 spiro atoms. The maximum atomic E-state index is 10.9. The van der Waals surface area contributed by atoms with Crippen molar-refractivity contribution in [1.82, 2.24) is 4.98 Å². The van der Waals surface area contributed by atoms with Gasteiger partial charge in [0.1, 0.15) is 0 Å². The fourth-order valence-electron chi connectivity index (χ4n) is 1.81. The van der Waals surface area contributed by atoms with E-state index in [-0.39, 0.29) is 11.7 Å². The molecule has 104 valence electrons. The van der Waals surface area contributed by atoms with Crippen LogP contribution in [0.2, 0.25) is 5.02 Å². The van der Waals surface area contributed by atoms with E-state index in [0.717, 1.165) is 5.56 Å². The molecule has 20 heavy (non-hydrogen) atoms. The lowest BCUT2D eigenvalue weighted by Crippen LogP contribution is -2.12. The first-order valence-corrected chi connectivity index (χ1v) is 6.37. The molecule has 6 heteroatoms. The van der Waals surface area contributed by atoms with Gasteiger partial charge < -0.3 is 16.2 Å². The predicted molar refractivity (Wildman–Crippen MR) is 79.1 cm³/mol. The maximum absolute atomic E-state index is 10.9. The molecule has 0 aliphatic heterocycles. The Morgan fingerprint density at radius 2 is 2.05 bits per heavy atom. The van der Waals surface area contributed by atoms with Crippen molar-refractivity contribution in [2.75, 3.05) is 11.1 Å². The third-order valence-corrected chi connectivity index (χ3v) is 3.21. The number of hydrogen-bond donors (Lipinski definition) is 3. The van der Waals surface area contributed by atoms with Crippen LogP contribution >= 0.6 is 11.6 Å². The molecule has 1 aromatic heterocycles. The molecule has 0 aliphatic rings. The number of nitrogen functional groups attached to an aromatic ring is 1. The number of carboxylic acids is 1. The van der Waals surface area contributed by atoms with E-state index in [1.165, 1.54) is 12.1 Å². The second-order valence-electron chi connectivity index (χ2n) is 4.33. The molecule has 0 radical (unpaired) electrons. The molecule has 0 amide bonds. The summed E-state index contributed by atoms with van der Waals surface area (Å²) in [5, 5.41) is 12.6. The van der Waals surface area contributed by atoms with Crippen molar-refractivity contribution in [2.45, 2.75) is 13.0 Å². The van der Waals surface area contributed by atoms with E-state index in [2.05, 4.69) is 10.3 Å². The quantitative estimate of drug-likeness (QED) is 0.805. The molecule has 1 unspecified atom stereocenters. The second kappa shape index (κ2) is 5.79. The smallest absolute Gasteiger partial charge is 0.354 e. The van der Waals surface area contributed by atoms with E-state index in [1.807, 2.05) is 25.1 Å². The minimum atomic E-state index is -1.10. The third-order valence-electron chi connectivity index (χ3n) is 2.87. The number of nitrogens with zero attached hydrogens (tertiary/aromatic N) is 1. The molecular weight excluding hydrogens is 278 g/mol. The summed E-state index contributed by atoms with van der Waals surface area (Å²) < 4.78 is 0. The first-order valence-electron chi connectivity index (χ1n) is 6.00. The highest BCUT2D eigenvalue weighted by atomic mass is 35.5. The standard InChI is InChI=1S/C14H14ClN3O2/c1-8(9-4-2-3-5-10(9)15)17-13-11(16)6-7-12(18-13)14(19)20/h2-8H,16H2,1H3,(H,17,18)(H,19,20). The van der Waals surface area contributed by atoms with Crippen LogP contribution in [0.4, 0.5) is 11.5 Å². The van der Waals surface area contributed by atoms with Crippen LogP contribution in [0, 0.1) is 0 Å². The Morgan fingerprint density at radius 3 is 2.70 bits per heavy atom. The van der Waals surface area contributed by atoms with Gasteiger partial charge >= 0.3 is 5.97 Å². The highest BCUT2D eigenvalue weighted by Crippen LogP contribution is 2.27. The maximum Gasteiger partial charge on any atom is 0.354 e. The van der Waals surface area contributed by atoms with Crippen molar-refractivity contribution in [3.8, 4) is 0 Å². The Kier molecular flexibility index (Phi) is 4.10. The minimum Gasteiger partial charge on any atom is -0.477 e. The molecule has 4 N–H and O–H groups in total. The zero-order chi connectivity index (χ0) is 14.7. The molecule has 0 fully saturated rings. The first-order chi connectivity index (χ1) is 9.49. The monoisotopic (exact) mass is 291 g/mol. The number of hydrogen-bond acceptors (Lipinski definition) is 4. The van der Waals surface area contributed by atoms with Gasteiger partial charge in [-0.15, -0.1) is 0 Å². The number of nitrogens with two attached hydrogens (primary N) is 1. The van der Waals surface area contributed by atoms with Gasteiger partial charge in [-0.1, -0.05) is 29.8 Å². The predicted octanol–water partition coefficient (Wildman–Crippen LogP) is 3.19. The van der Waals surface area contributed by atoms with Gasteiger partial charge in [0.15, 0.2) is 11.5 Å². The lowest BCUT2D eigenvalue weighted by Gasteiger charge is -2.17. The number of benzene rings is 1. The molecule has 2 aromatic rings. The van der Waals surface area contributed by atoms with Gasteiger partial charge in [0, 0.05) is 5.02 Å². The number of anilines is 2. The van der Waals surface area contributed by atoms with E-state index < -0.39 is 5.97 Å². The summed E-state index contributed by atoms with van der Waals surface area (Å²) in [6.07, 6.45) is 0. The van der Waals surface area contributed by atoms with E-state index in [4.69, 9.17) is 22.4 Å². The fraction of sp³-hybridized carbons (Fsp3) is 0.143. The third kappa shape index (κ3) is 3.00. The number of halogens is 1. The number of pyridine rings is 1. The van der Waals surface area contributed by atoms with Crippen molar-refractivity contribution in [1.29, 1.82) is 0 Å². The fourth-order valence-corrected chi connectivity index (χ4v) is 2.11. The zero-order valence-corrected chi connectivity index (χ0v) is 11.6. The van der Waals surface area contributed by atoms with Crippen LogP contribution < -0.4 is 11.1 Å². The molecule has 1 atom stereocenters. The van der Waals surface area contributed by atoms with Crippen LogP contribution in [-0.4, -0.2) is 16.1 Å². The molecule has 2 rings (SSSR count). The van der Waals surface area contributed by atoms with Crippen molar-refractivity contribution in [2.24, 2.45) is 0 Å². The number of rotatable bonds is 4. The van der Waals surface area contributed by atoms with Crippen LogP contribution in [0.15, 0.2) is 36.4 Å². The SMILES string of the molecule is CC(Nc1nc(C(=O)O)ccc1N)c1ccccc1Cl. The molecule has 1 heterocycles. The number of aromatic nitrogens is 1. The number of nitrogens with one attached hydrogen (secondary N) is 1. The van der Waals surface area contributed by atoms with Gasteiger partial charge in [-0.25, -0.2) is 9.78 Å². The van der Waals surface area contributed by atoms with Crippen LogP contribution in [-0.2, 0) is 0 Å². The zero-order valence-electron chi connectivity index (χ0n) is 10.8. The minimum absolute atomic E-state index is 0.0620. The van der Waals surface area contributed by atoms with E-state index in [1.54, 1.807) is 6.07 Å². The van der Waals surface area contributed by atoms with Crippen molar-refractivity contribution >= 4 is 29.1 Å². The summed E-state index contributed by atoms with van der Waals surface area (Å²) in [5.41, 5.74) is 7.01. The summed E-state index contributed by atoms with van der Waals surface area (Å²) in [6.45, 7) is 1.90. The lowest BCUT2D eigenvalue weighted by atomic mass is 10.1. The molecular formula is C14H14ClN3O2. The van der Waals surface area contributed by atoms with Crippen LogP contribution in [0.3, 0.4) is 0 Å². The second-order valence-corrected chi connectivity index (χ2v) is 4.73. The largest absolute Gasteiger partial charge is 0.477 e. The Labute approximate surface area is 121 Å². The molecule has 1 aromatic carbocycles. The molecule has 0 saturated heterocycles. The summed E-state index contributed by atoms with van der Waals surface area (Å²) in [4.78, 5) is 14.9. The average Bonchev–Trinajstić information content (AvgIpc) is 2.41. The number of carbonyl (C=O) groups is 1. The number of aromatic carboxylic acids is 1. The summed E-state index contributed by atoms with van der Waals surface area (Å²) in [6, 6.07) is 10.1. The Balaban J connectivity index is 2.28. The van der Waals surface area contributed by atoms with Gasteiger partial charge in [-0.05, 0) is 30.7 Å². The molecule has 0 saturated carbocycles. The van der Waals surface area contributed by atoms with Crippen molar-refractivity contribution in [3.05, 3.63) is 52.7 Å². The van der Waals surface area contributed by atoms with E-state index >= 15 is 0 Å². The number of carboxylic acid groups (broad SMARTS) is 1. The Morgan fingerprint density at radius 1 is 1.35 bits per heavy atom. The van der Waals surface area contributed by atoms with Gasteiger partial charge in [0.05, 0.1) is 11.7 Å². The van der Waals surface area contributed by atoms with Gasteiger partial charge in [0.25, 0.3) is 0 Å². The van der Waals surface area contributed by atoms with Crippen molar-refractivity contribution in [3.63, 3.8) is 0 Å². The summed E-state index contributed by atoms with van der Waals surface area (Å²) in [7, 11) is 0. The van der Waals surface area contributed by atoms with E-state index in [0.29, 0.717) is 16.5 Å².